The van der Waals surface area contributed by atoms with Crippen molar-refractivity contribution in [2.75, 3.05) is 11.9 Å². The van der Waals surface area contributed by atoms with Crippen LogP contribution < -0.4 is 10.1 Å². The van der Waals surface area contributed by atoms with Crippen molar-refractivity contribution in [3.8, 4) is 5.75 Å². The summed E-state index contributed by atoms with van der Waals surface area (Å²) in [5, 5.41) is 7.34. The standard InChI is InChI=1S/C20H20N2O5/c1-3-25-15-10-8-14(9-11-15)21-20(24)13(2)26-19(23)12-17-16-6-4-5-7-18(16)27-22-17/h4-11,13H,3,12H2,1-2H3,(H,21,24). The Kier molecular flexibility index (Phi) is 5.71. The number of amides is 1. The van der Waals surface area contributed by atoms with Gasteiger partial charge in [0.15, 0.2) is 11.7 Å². The third kappa shape index (κ3) is 4.63. The summed E-state index contributed by atoms with van der Waals surface area (Å²) in [6.07, 6.45) is -1.01. The van der Waals surface area contributed by atoms with Gasteiger partial charge in [0, 0.05) is 11.1 Å². The number of hydrogen-bond acceptors (Lipinski definition) is 6. The topological polar surface area (TPSA) is 90.7 Å². The van der Waals surface area contributed by atoms with Crippen LogP contribution in [-0.4, -0.2) is 29.7 Å². The van der Waals surface area contributed by atoms with Crippen LogP contribution in [0.15, 0.2) is 53.1 Å². The lowest BCUT2D eigenvalue weighted by Crippen LogP contribution is -2.30. The Morgan fingerprint density at radius 2 is 1.89 bits per heavy atom. The first kappa shape index (κ1) is 18.4. The summed E-state index contributed by atoms with van der Waals surface area (Å²) in [6, 6.07) is 14.2. The normalized spacial score (nSPS) is 11.8. The molecule has 1 N–H and O–H groups in total. The van der Waals surface area contributed by atoms with E-state index in [1.807, 2.05) is 25.1 Å². The van der Waals surface area contributed by atoms with Gasteiger partial charge in [-0.05, 0) is 50.2 Å². The highest BCUT2D eigenvalue weighted by Crippen LogP contribution is 2.19. The first-order valence-corrected chi connectivity index (χ1v) is 8.63. The van der Waals surface area contributed by atoms with E-state index in [-0.39, 0.29) is 6.42 Å². The van der Waals surface area contributed by atoms with Crippen LogP contribution >= 0.6 is 0 Å². The van der Waals surface area contributed by atoms with E-state index in [0.29, 0.717) is 23.6 Å². The van der Waals surface area contributed by atoms with Gasteiger partial charge in [-0.1, -0.05) is 17.3 Å². The Hall–Kier alpha value is -3.35. The number of fused-ring (bicyclic) bond motifs is 1. The molecule has 1 heterocycles. The van der Waals surface area contributed by atoms with Crippen LogP contribution in [0.1, 0.15) is 19.5 Å². The van der Waals surface area contributed by atoms with E-state index in [0.717, 1.165) is 11.1 Å². The predicted octanol–water partition coefficient (Wildman–Crippen LogP) is 3.34. The number of nitrogens with zero attached hydrogens (tertiary/aromatic N) is 1. The Labute approximate surface area is 156 Å². The van der Waals surface area contributed by atoms with Crippen molar-refractivity contribution < 1.29 is 23.6 Å². The van der Waals surface area contributed by atoms with Crippen LogP contribution in [0.4, 0.5) is 5.69 Å². The number of ether oxygens (including phenoxy) is 2. The highest BCUT2D eigenvalue weighted by molar-refractivity contribution is 5.95. The van der Waals surface area contributed by atoms with E-state index < -0.39 is 18.0 Å². The molecule has 0 saturated carbocycles. The van der Waals surface area contributed by atoms with E-state index in [2.05, 4.69) is 10.5 Å². The zero-order valence-electron chi connectivity index (χ0n) is 15.1. The van der Waals surface area contributed by atoms with Crippen LogP contribution in [0.2, 0.25) is 0 Å². The number of nitrogens with one attached hydrogen (secondary N) is 1. The molecule has 0 radical (unpaired) electrons. The van der Waals surface area contributed by atoms with Crippen molar-refractivity contribution in [1.82, 2.24) is 5.16 Å². The van der Waals surface area contributed by atoms with Gasteiger partial charge < -0.3 is 19.3 Å². The van der Waals surface area contributed by atoms with Crippen LogP contribution in [0.25, 0.3) is 11.0 Å². The second kappa shape index (κ2) is 8.35. The van der Waals surface area contributed by atoms with E-state index in [4.69, 9.17) is 14.0 Å². The zero-order chi connectivity index (χ0) is 19.2. The van der Waals surface area contributed by atoms with E-state index in [1.165, 1.54) is 6.92 Å². The summed E-state index contributed by atoms with van der Waals surface area (Å²) in [6.45, 7) is 3.98. The number of benzene rings is 2. The van der Waals surface area contributed by atoms with E-state index in [9.17, 15) is 9.59 Å². The van der Waals surface area contributed by atoms with Gasteiger partial charge in [0.1, 0.15) is 11.4 Å². The summed E-state index contributed by atoms with van der Waals surface area (Å²) in [5.74, 6) is -0.254. The number of carbonyl (C=O) groups is 2. The maximum absolute atomic E-state index is 12.2. The molecule has 1 amide bonds. The fourth-order valence-electron chi connectivity index (χ4n) is 2.54. The van der Waals surface area contributed by atoms with Crippen molar-refractivity contribution in [3.05, 3.63) is 54.2 Å². The summed E-state index contributed by atoms with van der Waals surface area (Å²) >= 11 is 0. The molecule has 0 aliphatic heterocycles. The van der Waals surface area contributed by atoms with Gasteiger partial charge in [-0.15, -0.1) is 0 Å². The molecule has 0 spiro atoms. The molecule has 0 bridgehead atoms. The Morgan fingerprint density at radius 3 is 2.63 bits per heavy atom. The lowest BCUT2D eigenvalue weighted by atomic mass is 10.2. The Balaban J connectivity index is 1.55. The van der Waals surface area contributed by atoms with Crippen molar-refractivity contribution in [3.63, 3.8) is 0 Å². The smallest absolute Gasteiger partial charge is 0.312 e. The van der Waals surface area contributed by atoms with Crippen LogP contribution in [0, 0.1) is 0 Å². The Morgan fingerprint density at radius 1 is 1.15 bits per heavy atom. The minimum absolute atomic E-state index is 0.0717. The van der Waals surface area contributed by atoms with Gasteiger partial charge in [-0.2, -0.15) is 0 Å². The van der Waals surface area contributed by atoms with Gasteiger partial charge in [0.05, 0.1) is 13.0 Å². The molecule has 140 valence electrons. The van der Waals surface area contributed by atoms with Gasteiger partial charge in [0.2, 0.25) is 0 Å². The summed E-state index contributed by atoms with van der Waals surface area (Å²) in [5.41, 5.74) is 1.67. The quantitative estimate of drug-likeness (QED) is 0.643. The molecular formula is C20H20N2O5. The SMILES string of the molecule is CCOc1ccc(NC(=O)C(C)OC(=O)Cc2noc3ccccc23)cc1. The molecule has 27 heavy (non-hydrogen) atoms. The van der Waals surface area contributed by atoms with Crippen LogP contribution in [0.3, 0.4) is 0 Å². The molecule has 1 unspecified atom stereocenters. The maximum atomic E-state index is 12.2. The van der Waals surface area contributed by atoms with Crippen LogP contribution in [-0.2, 0) is 20.7 Å². The molecule has 1 atom stereocenters. The summed E-state index contributed by atoms with van der Waals surface area (Å²) in [7, 11) is 0. The van der Waals surface area contributed by atoms with Crippen molar-refractivity contribution in [2.24, 2.45) is 0 Å². The van der Waals surface area contributed by atoms with E-state index in [1.54, 1.807) is 30.3 Å². The van der Waals surface area contributed by atoms with Crippen LogP contribution in [0.5, 0.6) is 5.75 Å². The number of aromatic nitrogens is 1. The largest absolute Gasteiger partial charge is 0.494 e. The minimum Gasteiger partial charge on any atom is -0.494 e. The number of esters is 1. The van der Waals surface area contributed by atoms with Gasteiger partial charge in [0.25, 0.3) is 5.91 Å². The second-order valence-electron chi connectivity index (χ2n) is 5.88. The lowest BCUT2D eigenvalue weighted by molar-refractivity contribution is -0.152. The van der Waals surface area contributed by atoms with Crippen molar-refractivity contribution >= 4 is 28.5 Å². The first-order chi connectivity index (χ1) is 13.1. The zero-order valence-corrected chi connectivity index (χ0v) is 15.1. The molecule has 3 rings (SSSR count). The summed E-state index contributed by atoms with van der Waals surface area (Å²) < 4.78 is 15.7. The predicted molar refractivity (Wildman–Crippen MR) is 99.5 cm³/mol. The Bertz CT molecular complexity index is 933. The molecule has 0 saturated heterocycles. The van der Waals surface area contributed by atoms with Gasteiger partial charge >= 0.3 is 5.97 Å². The first-order valence-electron chi connectivity index (χ1n) is 8.63. The number of carbonyl (C=O) groups excluding carboxylic acids is 2. The summed E-state index contributed by atoms with van der Waals surface area (Å²) in [4.78, 5) is 24.4. The average molecular weight is 368 g/mol. The maximum Gasteiger partial charge on any atom is 0.312 e. The molecule has 0 aliphatic carbocycles. The number of anilines is 1. The average Bonchev–Trinajstić information content (AvgIpc) is 3.06. The highest BCUT2D eigenvalue weighted by atomic mass is 16.5. The molecule has 1 aromatic heterocycles. The van der Waals surface area contributed by atoms with Gasteiger partial charge in [-0.3, -0.25) is 9.59 Å². The monoisotopic (exact) mass is 368 g/mol. The molecule has 7 heteroatoms. The van der Waals surface area contributed by atoms with Crippen molar-refractivity contribution in [2.45, 2.75) is 26.4 Å². The second-order valence-corrected chi connectivity index (χ2v) is 5.88. The van der Waals surface area contributed by atoms with Gasteiger partial charge in [-0.25, -0.2) is 0 Å². The van der Waals surface area contributed by atoms with E-state index >= 15 is 0 Å². The molecule has 0 aliphatic rings. The number of hydrogen-bond donors (Lipinski definition) is 1. The molecule has 0 fully saturated rings. The molecular weight excluding hydrogens is 348 g/mol. The third-order valence-electron chi connectivity index (χ3n) is 3.87. The molecule has 2 aromatic carbocycles. The number of para-hydroxylation sites is 1. The highest BCUT2D eigenvalue weighted by Gasteiger charge is 2.20. The van der Waals surface area contributed by atoms with Crippen molar-refractivity contribution in [1.29, 1.82) is 0 Å². The fraction of sp³-hybridized carbons (Fsp3) is 0.250. The minimum atomic E-state index is -0.942. The molecule has 3 aromatic rings. The fourth-order valence-corrected chi connectivity index (χ4v) is 2.54. The third-order valence-corrected chi connectivity index (χ3v) is 3.87. The number of rotatable bonds is 7. The lowest BCUT2D eigenvalue weighted by Gasteiger charge is -2.13. The molecule has 7 nitrogen and oxygen atoms in total.